The van der Waals surface area contributed by atoms with E-state index in [4.69, 9.17) is 11.6 Å². The van der Waals surface area contributed by atoms with Crippen molar-refractivity contribution in [2.75, 3.05) is 0 Å². The molecule has 1 aromatic heterocycles. The Labute approximate surface area is 123 Å². The van der Waals surface area contributed by atoms with Gasteiger partial charge in [-0.05, 0) is 52.7 Å². The molecule has 2 nitrogen and oxygen atoms in total. The van der Waals surface area contributed by atoms with E-state index in [0.717, 1.165) is 14.9 Å². The summed E-state index contributed by atoms with van der Waals surface area (Å²) in [5.41, 5.74) is 1.54. The van der Waals surface area contributed by atoms with Crippen molar-refractivity contribution in [3.8, 4) is 0 Å². The van der Waals surface area contributed by atoms with Crippen LogP contribution in [0.5, 0.6) is 0 Å². The molecule has 0 fully saturated rings. The summed E-state index contributed by atoms with van der Waals surface area (Å²) >= 11 is 10.9. The molecule has 94 valence electrons. The summed E-state index contributed by atoms with van der Waals surface area (Å²) < 4.78 is 1.04. The SMILES string of the molecule is Cc1cc(C(=O)NCc2cc(Br)cs2)ccc1Cl. The first-order valence-electron chi connectivity index (χ1n) is 5.33. The molecule has 1 heterocycles. The van der Waals surface area contributed by atoms with E-state index in [-0.39, 0.29) is 5.91 Å². The molecule has 2 aromatic rings. The van der Waals surface area contributed by atoms with Gasteiger partial charge < -0.3 is 5.32 Å². The Hall–Kier alpha value is -0.840. The van der Waals surface area contributed by atoms with Gasteiger partial charge in [-0.15, -0.1) is 11.3 Å². The van der Waals surface area contributed by atoms with Gasteiger partial charge in [0.1, 0.15) is 0 Å². The normalized spacial score (nSPS) is 10.4. The van der Waals surface area contributed by atoms with Gasteiger partial charge in [0.25, 0.3) is 5.91 Å². The monoisotopic (exact) mass is 343 g/mol. The van der Waals surface area contributed by atoms with Crippen LogP contribution in [0, 0.1) is 6.92 Å². The van der Waals surface area contributed by atoms with Crippen LogP contribution in [0.2, 0.25) is 5.02 Å². The lowest BCUT2D eigenvalue weighted by Gasteiger charge is -2.05. The zero-order valence-electron chi connectivity index (χ0n) is 9.67. The average molecular weight is 345 g/mol. The number of halogens is 2. The van der Waals surface area contributed by atoms with Gasteiger partial charge in [0.05, 0.1) is 6.54 Å². The minimum absolute atomic E-state index is 0.0840. The maximum absolute atomic E-state index is 11.9. The van der Waals surface area contributed by atoms with Crippen molar-refractivity contribution in [3.05, 3.63) is 55.1 Å². The highest BCUT2D eigenvalue weighted by atomic mass is 79.9. The minimum atomic E-state index is -0.0840. The lowest BCUT2D eigenvalue weighted by Crippen LogP contribution is -2.22. The van der Waals surface area contributed by atoms with Crippen LogP contribution in [-0.2, 0) is 6.54 Å². The molecule has 5 heteroatoms. The summed E-state index contributed by atoms with van der Waals surface area (Å²) in [6, 6.07) is 7.27. The molecule has 2 rings (SSSR count). The summed E-state index contributed by atoms with van der Waals surface area (Å²) in [4.78, 5) is 13.0. The van der Waals surface area contributed by atoms with Crippen LogP contribution in [0.25, 0.3) is 0 Å². The molecule has 0 bridgehead atoms. The number of nitrogens with one attached hydrogen (secondary N) is 1. The van der Waals surface area contributed by atoms with Crippen molar-refractivity contribution >= 4 is 44.8 Å². The predicted molar refractivity (Wildman–Crippen MR) is 79.4 cm³/mol. The zero-order valence-corrected chi connectivity index (χ0v) is 12.8. The molecule has 18 heavy (non-hydrogen) atoms. The van der Waals surface area contributed by atoms with Gasteiger partial charge in [-0.1, -0.05) is 11.6 Å². The van der Waals surface area contributed by atoms with Crippen LogP contribution in [-0.4, -0.2) is 5.91 Å². The van der Waals surface area contributed by atoms with Crippen LogP contribution in [0.1, 0.15) is 20.8 Å². The second kappa shape index (κ2) is 5.87. The van der Waals surface area contributed by atoms with Crippen molar-refractivity contribution in [2.24, 2.45) is 0 Å². The maximum Gasteiger partial charge on any atom is 0.251 e. The molecule has 0 aliphatic carbocycles. The summed E-state index contributed by atoms with van der Waals surface area (Å²) in [7, 11) is 0. The third-order valence-electron chi connectivity index (χ3n) is 2.47. The fourth-order valence-electron chi connectivity index (χ4n) is 1.50. The van der Waals surface area contributed by atoms with E-state index < -0.39 is 0 Å². The van der Waals surface area contributed by atoms with Crippen LogP contribution in [0.4, 0.5) is 0 Å². The Bertz CT molecular complexity index is 582. The van der Waals surface area contributed by atoms with E-state index in [9.17, 15) is 4.79 Å². The van der Waals surface area contributed by atoms with E-state index in [0.29, 0.717) is 17.1 Å². The van der Waals surface area contributed by atoms with E-state index >= 15 is 0 Å². The maximum atomic E-state index is 11.9. The second-order valence-electron chi connectivity index (χ2n) is 3.88. The van der Waals surface area contributed by atoms with Crippen LogP contribution in [0.3, 0.4) is 0 Å². The molecule has 0 saturated heterocycles. The smallest absolute Gasteiger partial charge is 0.251 e. The fourth-order valence-corrected chi connectivity index (χ4v) is 3.01. The topological polar surface area (TPSA) is 29.1 Å². The second-order valence-corrected chi connectivity index (χ2v) is 6.20. The van der Waals surface area contributed by atoms with Crippen molar-refractivity contribution in [1.82, 2.24) is 5.32 Å². The number of hydrogen-bond donors (Lipinski definition) is 1. The third kappa shape index (κ3) is 3.34. The van der Waals surface area contributed by atoms with Gasteiger partial charge in [-0.3, -0.25) is 4.79 Å². The predicted octanol–water partition coefficient (Wildman–Crippen LogP) is 4.40. The Morgan fingerprint density at radius 1 is 1.44 bits per heavy atom. The Morgan fingerprint density at radius 2 is 2.22 bits per heavy atom. The zero-order chi connectivity index (χ0) is 13.1. The quantitative estimate of drug-likeness (QED) is 0.878. The average Bonchev–Trinajstić information content (AvgIpc) is 2.75. The lowest BCUT2D eigenvalue weighted by molar-refractivity contribution is 0.0951. The molecule has 0 atom stereocenters. The number of rotatable bonds is 3. The van der Waals surface area contributed by atoms with Gasteiger partial charge in [-0.2, -0.15) is 0 Å². The summed E-state index contributed by atoms with van der Waals surface area (Å²) in [6.07, 6.45) is 0. The first-order chi connectivity index (χ1) is 8.56. The number of hydrogen-bond acceptors (Lipinski definition) is 2. The number of aryl methyl sites for hydroxylation is 1. The highest BCUT2D eigenvalue weighted by molar-refractivity contribution is 9.10. The summed E-state index contributed by atoms with van der Waals surface area (Å²) in [5, 5.41) is 5.55. The molecule has 1 N–H and O–H groups in total. The molecule has 0 saturated carbocycles. The van der Waals surface area contributed by atoms with Gasteiger partial charge >= 0.3 is 0 Å². The highest BCUT2D eigenvalue weighted by Gasteiger charge is 2.07. The van der Waals surface area contributed by atoms with Gasteiger partial charge in [0.2, 0.25) is 0 Å². The minimum Gasteiger partial charge on any atom is -0.347 e. The van der Waals surface area contributed by atoms with Gasteiger partial charge in [0.15, 0.2) is 0 Å². The van der Waals surface area contributed by atoms with Crippen molar-refractivity contribution < 1.29 is 4.79 Å². The molecular formula is C13H11BrClNOS. The number of carbonyl (C=O) groups is 1. The lowest BCUT2D eigenvalue weighted by atomic mass is 10.1. The highest BCUT2D eigenvalue weighted by Crippen LogP contribution is 2.20. The number of benzene rings is 1. The van der Waals surface area contributed by atoms with Crippen molar-refractivity contribution in [1.29, 1.82) is 0 Å². The first-order valence-corrected chi connectivity index (χ1v) is 7.38. The van der Waals surface area contributed by atoms with Crippen LogP contribution in [0.15, 0.2) is 34.1 Å². The molecule has 0 radical (unpaired) electrons. The fraction of sp³-hybridized carbons (Fsp3) is 0.154. The van der Waals surface area contributed by atoms with E-state index in [1.165, 1.54) is 0 Å². The molecule has 0 aliphatic heterocycles. The largest absolute Gasteiger partial charge is 0.347 e. The summed E-state index contributed by atoms with van der Waals surface area (Å²) in [5.74, 6) is -0.0840. The number of thiophene rings is 1. The van der Waals surface area contributed by atoms with Gasteiger partial charge in [-0.25, -0.2) is 0 Å². The van der Waals surface area contributed by atoms with Gasteiger partial charge in [0, 0.05) is 25.3 Å². The van der Waals surface area contributed by atoms with E-state index in [1.807, 2.05) is 18.4 Å². The molecule has 0 unspecified atom stereocenters. The number of carbonyl (C=O) groups excluding carboxylic acids is 1. The number of amides is 1. The summed E-state index contributed by atoms with van der Waals surface area (Å²) in [6.45, 7) is 2.42. The van der Waals surface area contributed by atoms with Crippen LogP contribution < -0.4 is 5.32 Å². The van der Waals surface area contributed by atoms with E-state index in [2.05, 4.69) is 21.2 Å². The molecule has 1 amide bonds. The Morgan fingerprint density at radius 3 is 2.83 bits per heavy atom. The standard InChI is InChI=1S/C13H11BrClNOS/c1-8-4-9(2-3-12(8)15)13(17)16-6-11-5-10(14)7-18-11/h2-5,7H,6H2,1H3,(H,16,17). The Balaban J connectivity index is 2.01. The first kappa shape index (κ1) is 13.6. The molecular weight excluding hydrogens is 334 g/mol. The molecule has 1 aromatic carbocycles. The van der Waals surface area contributed by atoms with Crippen LogP contribution >= 0.6 is 38.9 Å². The van der Waals surface area contributed by atoms with E-state index in [1.54, 1.807) is 29.5 Å². The Kier molecular flexibility index (Phi) is 4.43. The molecule has 0 aliphatic rings. The van der Waals surface area contributed by atoms with Crippen molar-refractivity contribution in [2.45, 2.75) is 13.5 Å². The third-order valence-corrected chi connectivity index (χ3v) is 4.59. The molecule has 0 spiro atoms. The van der Waals surface area contributed by atoms with Crippen molar-refractivity contribution in [3.63, 3.8) is 0 Å².